The lowest BCUT2D eigenvalue weighted by molar-refractivity contribution is 0.614. The van der Waals surface area contributed by atoms with Gasteiger partial charge in [0, 0.05) is 0 Å². The van der Waals surface area contributed by atoms with Crippen LogP contribution in [0.1, 0.15) is 25.1 Å². The van der Waals surface area contributed by atoms with Gasteiger partial charge in [-0.3, -0.25) is 4.98 Å². The summed E-state index contributed by atoms with van der Waals surface area (Å²) >= 11 is 12.2. The zero-order valence-electron chi connectivity index (χ0n) is 10.3. The molecule has 1 unspecified atom stereocenters. The third-order valence-electron chi connectivity index (χ3n) is 2.80. The van der Waals surface area contributed by atoms with Gasteiger partial charge in [0.1, 0.15) is 5.82 Å². The molecule has 2 aromatic rings. The second-order valence-corrected chi connectivity index (χ2v) is 4.92. The Morgan fingerprint density at radius 1 is 1.21 bits per heavy atom. The Hall–Kier alpha value is -1.32. The standard InChI is InChI=1S/C14H13Cl2FN2/c1-2-12(13-7-6-9(17)8-18-13)19-14-10(15)4-3-5-11(14)16/h3-8,12,19H,2H2,1H3. The summed E-state index contributed by atoms with van der Waals surface area (Å²) in [5.41, 5.74) is 1.42. The van der Waals surface area contributed by atoms with Crippen molar-refractivity contribution in [2.75, 3.05) is 5.32 Å². The first kappa shape index (κ1) is 14.1. The fourth-order valence-corrected chi connectivity index (χ4v) is 2.30. The summed E-state index contributed by atoms with van der Waals surface area (Å²) in [5.74, 6) is -0.352. The summed E-state index contributed by atoms with van der Waals surface area (Å²) in [5, 5.41) is 4.35. The lowest BCUT2D eigenvalue weighted by Gasteiger charge is -2.19. The minimum atomic E-state index is -0.352. The van der Waals surface area contributed by atoms with Crippen LogP contribution in [0, 0.1) is 5.82 Å². The van der Waals surface area contributed by atoms with Gasteiger partial charge in [0.25, 0.3) is 0 Å². The van der Waals surface area contributed by atoms with Crippen LogP contribution < -0.4 is 5.32 Å². The fourth-order valence-electron chi connectivity index (χ4n) is 1.79. The number of halogens is 3. The van der Waals surface area contributed by atoms with Gasteiger partial charge in [0.2, 0.25) is 0 Å². The van der Waals surface area contributed by atoms with Crippen LogP contribution in [0.25, 0.3) is 0 Å². The van der Waals surface area contributed by atoms with E-state index in [1.54, 1.807) is 24.3 Å². The Balaban J connectivity index is 2.26. The molecule has 0 aliphatic rings. The molecule has 19 heavy (non-hydrogen) atoms. The molecule has 1 heterocycles. The van der Waals surface area contributed by atoms with Gasteiger partial charge in [-0.05, 0) is 30.7 Å². The van der Waals surface area contributed by atoms with Crippen molar-refractivity contribution in [1.29, 1.82) is 0 Å². The highest BCUT2D eigenvalue weighted by Crippen LogP contribution is 2.33. The largest absolute Gasteiger partial charge is 0.374 e. The summed E-state index contributed by atoms with van der Waals surface area (Å²) in [6.07, 6.45) is 1.98. The lowest BCUT2D eigenvalue weighted by atomic mass is 10.1. The van der Waals surface area contributed by atoms with Crippen molar-refractivity contribution >= 4 is 28.9 Å². The van der Waals surface area contributed by atoms with Crippen LogP contribution in [0.2, 0.25) is 10.0 Å². The zero-order chi connectivity index (χ0) is 13.8. The van der Waals surface area contributed by atoms with Gasteiger partial charge in [-0.25, -0.2) is 4.39 Å². The molecule has 2 nitrogen and oxygen atoms in total. The zero-order valence-corrected chi connectivity index (χ0v) is 11.8. The van der Waals surface area contributed by atoms with E-state index in [0.29, 0.717) is 15.7 Å². The number of hydrogen-bond acceptors (Lipinski definition) is 2. The van der Waals surface area contributed by atoms with Crippen molar-refractivity contribution in [3.63, 3.8) is 0 Å². The summed E-state index contributed by atoms with van der Waals surface area (Å²) < 4.78 is 12.9. The molecule has 1 aromatic carbocycles. The summed E-state index contributed by atoms with van der Waals surface area (Å²) in [7, 11) is 0. The minimum absolute atomic E-state index is 0.0713. The van der Waals surface area contributed by atoms with Crippen LogP contribution in [-0.2, 0) is 0 Å². The average Bonchev–Trinajstić information content (AvgIpc) is 2.40. The Kier molecular flexibility index (Phi) is 4.61. The molecule has 0 spiro atoms. The maximum atomic E-state index is 12.9. The molecule has 0 radical (unpaired) electrons. The summed E-state index contributed by atoms with van der Waals surface area (Å²) in [4.78, 5) is 4.08. The highest BCUT2D eigenvalue weighted by atomic mass is 35.5. The van der Waals surface area contributed by atoms with E-state index in [1.807, 2.05) is 6.92 Å². The third-order valence-corrected chi connectivity index (χ3v) is 3.43. The molecule has 1 N–H and O–H groups in total. The summed E-state index contributed by atoms with van der Waals surface area (Å²) in [6, 6.07) is 8.29. The highest BCUT2D eigenvalue weighted by Gasteiger charge is 2.14. The van der Waals surface area contributed by atoms with Crippen LogP contribution in [0.3, 0.4) is 0 Å². The highest BCUT2D eigenvalue weighted by molar-refractivity contribution is 6.39. The maximum Gasteiger partial charge on any atom is 0.141 e. The summed E-state index contributed by atoms with van der Waals surface area (Å²) in [6.45, 7) is 2.01. The van der Waals surface area contributed by atoms with Crippen molar-refractivity contribution in [1.82, 2.24) is 4.98 Å². The quantitative estimate of drug-likeness (QED) is 0.850. The van der Waals surface area contributed by atoms with E-state index < -0.39 is 0 Å². The number of nitrogens with one attached hydrogen (secondary N) is 1. The minimum Gasteiger partial charge on any atom is -0.374 e. The number of aromatic nitrogens is 1. The predicted molar refractivity (Wildman–Crippen MR) is 77.3 cm³/mol. The SMILES string of the molecule is CCC(Nc1c(Cl)cccc1Cl)c1ccc(F)cn1. The van der Waals surface area contributed by atoms with E-state index in [0.717, 1.165) is 12.1 Å². The normalized spacial score (nSPS) is 12.2. The Labute approximate surface area is 121 Å². The van der Waals surface area contributed by atoms with Crippen LogP contribution in [0.15, 0.2) is 36.5 Å². The number of para-hydroxylation sites is 1. The molecule has 1 atom stereocenters. The van der Waals surface area contributed by atoms with Crippen molar-refractivity contribution in [3.05, 3.63) is 58.1 Å². The molecule has 0 aliphatic carbocycles. The molecule has 2 rings (SSSR count). The number of nitrogens with zero attached hydrogens (tertiary/aromatic N) is 1. The Morgan fingerprint density at radius 3 is 2.42 bits per heavy atom. The fraction of sp³-hybridized carbons (Fsp3) is 0.214. The van der Waals surface area contributed by atoms with Gasteiger partial charge in [-0.15, -0.1) is 0 Å². The lowest BCUT2D eigenvalue weighted by Crippen LogP contribution is -2.12. The smallest absolute Gasteiger partial charge is 0.141 e. The van der Waals surface area contributed by atoms with Gasteiger partial charge < -0.3 is 5.32 Å². The van der Waals surface area contributed by atoms with E-state index in [1.165, 1.54) is 12.3 Å². The van der Waals surface area contributed by atoms with Gasteiger partial charge in [0.05, 0.1) is 33.7 Å². The van der Waals surface area contributed by atoms with E-state index in [2.05, 4.69) is 10.3 Å². The second kappa shape index (κ2) is 6.22. The predicted octanol–water partition coefficient (Wildman–Crippen LogP) is 5.09. The van der Waals surface area contributed by atoms with Gasteiger partial charge >= 0.3 is 0 Å². The second-order valence-electron chi connectivity index (χ2n) is 4.10. The first-order valence-electron chi connectivity index (χ1n) is 5.93. The Morgan fingerprint density at radius 2 is 1.89 bits per heavy atom. The molecule has 100 valence electrons. The van der Waals surface area contributed by atoms with Crippen LogP contribution in [-0.4, -0.2) is 4.98 Å². The molecule has 0 amide bonds. The molecule has 0 bridgehead atoms. The molecule has 5 heteroatoms. The molecule has 0 fully saturated rings. The number of rotatable bonds is 4. The van der Waals surface area contributed by atoms with E-state index in [-0.39, 0.29) is 11.9 Å². The van der Waals surface area contributed by atoms with E-state index >= 15 is 0 Å². The first-order valence-corrected chi connectivity index (χ1v) is 6.69. The van der Waals surface area contributed by atoms with Gasteiger partial charge in [-0.2, -0.15) is 0 Å². The van der Waals surface area contributed by atoms with Crippen LogP contribution in [0.5, 0.6) is 0 Å². The maximum absolute atomic E-state index is 12.9. The number of anilines is 1. The van der Waals surface area contributed by atoms with Crippen molar-refractivity contribution in [3.8, 4) is 0 Å². The van der Waals surface area contributed by atoms with E-state index in [4.69, 9.17) is 23.2 Å². The first-order chi connectivity index (χ1) is 9.11. The number of hydrogen-bond donors (Lipinski definition) is 1. The monoisotopic (exact) mass is 298 g/mol. The van der Waals surface area contributed by atoms with Gasteiger partial charge in [0.15, 0.2) is 0 Å². The molecular formula is C14H13Cl2FN2. The number of pyridine rings is 1. The molecule has 0 saturated carbocycles. The Bertz CT molecular complexity index is 538. The third kappa shape index (κ3) is 3.37. The molecular weight excluding hydrogens is 286 g/mol. The average molecular weight is 299 g/mol. The number of benzene rings is 1. The van der Waals surface area contributed by atoms with Crippen molar-refractivity contribution < 1.29 is 4.39 Å². The molecule has 1 aromatic heterocycles. The van der Waals surface area contributed by atoms with Crippen LogP contribution in [0.4, 0.5) is 10.1 Å². The molecule has 0 saturated heterocycles. The molecule has 0 aliphatic heterocycles. The van der Waals surface area contributed by atoms with E-state index in [9.17, 15) is 4.39 Å². The van der Waals surface area contributed by atoms with Crippen molar-refractivity contribution in [2.24, 2.45) is 0 Å². The van der Waals surface area contributed by atoms with Gasteiger partial charge in [-0.1, -0.05) is 36.2 Å². The topological polar surface area (TPSA) is 24.9 Å². The van der Waals surface area contributed by atoms with Crippen LogP contribution >= 0.6 is 23.2 Å². The van der Waals surface area contributed by atoms with Crippen molar-refractivity contribution in [2.45, 2.75) is 19.4 Å².